The molecule has 0 atom stereocenters. The van der Waals surface area contributed by atoms with Crippen LogP contribution in [0, 0.1) is 0 Å². The highest BCUT2D eigenvalue weighted by molar-refractivity contribution is 5.57. The standard InChI is InChI=1S/C17H21N5O/c1-12(2)17-20-16(21-23-17)11-22(3)10-15-18-9-14(19-15)13-7-5-4-6-8-13/h4-9,12H,10-11H2,1-3H3,(H,18,19). The molecule has 0 saturated heterocycles. The van der Waals surface area contributed by atoms with Crippen molar-refractivity contribution >= 4 is 0 Å². The molecular weight excluding hydrogens is 290 g/mol. The molecule has 0 radical (unpaired) electrons. The first-order valence-corrected chi connectivity index (χ1v) is 7.72. The van der Waals surface area contributed by atoms with E-state index in [1.54, 1.807) is 0 Å². The lowest BCUT2D eigenvalue weighted by Crippen LogP contribution is -2.18. The van der Waals surface area contributed by atoms with Crippen LogP contribution in [0.25, 0.3) is 11.3 Å². The lowest BCUT2D eigenvalue weighted by Gasteiger charge is -2.12. The van der Waals surface area contributed by atoms with Crippen molar-refractivity contribution in [3.63, 3.8) is 0 Å². The van der Waals surface area contributed by atoms with Crippen LogP contribution >= 0.6 is 0 Å². The Morgan fingerprint density at radius 2 is 1.96 bits per heavy atom. The Morgan fingerprint density at radius 3 is 2.65 bits per heavy atom. The maximum absolute atomic E-state index is 5.23. The van der Waals surface area contributed by atoms with Gasteiger partial charge in [-0.05, 0) is 12.6 Å². The van der Waals surface area contributed by atoms with Crippen molar-refractivity contribution in [2.45, 2.75) is 32.9 Å². The summed E-state index contributed by atoms with van der Waals surface area (Å²) in [6.07, 6.45) is 1.86. The molecule has 1 aromatic carbocycles. The molecule has 0 fully saturated rings. The number of H-pyrrole nitrogens is 1. The second-order valence-electron chi connectivity index (χ2n) is 5.99. The molecule has 6 heteroatoms. The number of hydrogen-bond donors (Lipinski definition) is 1. The van der Waals surface area contributed by atoms with Crippen molar-refractivity contribution in [2.24, 2.45) is 0 Å². The fourth-order valence-electron chi connectivity index (χ4n) is 2.33. The maximum Gasteiger partial charge on any atom is 0.229 e. The van der Waals surface area contributed by atoms with Gasteiger partial charge in [0.25, 0.3) is 0 Å². The van der Waals surface area contributed by atoms with E-state index in [-0.39, 0.29) is 5.92 Å². The molecule has 6 nitrogen and oxygen atoms in total. The minimum absolute atomic E-state index is 0.250. The Kier molecular flexibility index (Phi) is 4.52. The lowest BCUT2D eigenvalue weighted by atomic mass is 10.2. The smallest absolute Gasteiger partial charge is 0.229 e. The van der Waals surface area contributed by atoms with E-state index in [0.717, 1.165) is 17.1 Å². The van der Waals surface area contributed by atoms with Gasteiger partial charge in [-0.3, -0.25) is 4.90 Å². The van der Waals surface area contributed by atoms with E-state index in [0.29, 0.717) is 24.8 Å². The SMILES string of the molecule is CC(C)c1nc(CN(C)Cc2ncc(-c3ccccc3)[nH]2)no1. The zero-order chi connectivity index (χ0) is 16.2. The van der Waals surface area contributed by atoms with Gasteiger partial charge in [0.1, 0.15) is 5.82 Å². The largest absolute Gasteiger partial charge is 0.341 e. The van der Waals surface area contributed by atoms with Gasteiger partial charge < -0.3 is 9.51 Å². The number of aromatic amines is 1. The first kappa shape index (κ1) is 15.4. The lowest BCUT2D eigenvalue weighted by molar-refractivity contribution is 0.293. The predicted molar refractivity (Wildman–Crippen MR) is 87.6 cm³/mol. The number of rotatable bonds is 6. The fraction of sp³-hybridized carbons (Fsp3) is 0.353. The van der Waals surface area contributed by atoms with E-state index in [2.05, 4.69) is 37.1 Å². The van der Waals surface area contributed by atoms with Crippen LogP contribution in [-0.2, 0) is 13.1 Å². The van der Waals surface area contributed by atoms with Gasteiger partial charge in [-0.1, -0.05) is 49.3 Å². The molecule has 0 bridgehead atoms. The molecule has 3 rings (SSSR count). The van der Waals surface area contributed by atoms with Crippen molar-refractivity contribution in [2.75, 3.05) is 7.05 Å². The highest BCUT2D eigenvalue weighted by Gasteiger charge is 2.12. The van der Waals surface area contributed by atoms with Gasteiger partial charge in [-0.15, -0.1) is 0 Å². The van der Waals surface area contributed by atoms with Crippen molar-refractivity contribution in [3.8, 4) is 11.3 Å². The summed E-state index contributed by atoms with van der Waals surface area (Å²) in [5, 5.41) is 4.01. The third-order valence-electron chi connectivity index (χ3n) is 3.52. The normalized spacial score (nSPS) is 11.5. The maximum atomic E-state index is 5.23. The molecule has 2 heterocycles. The Labute approximate surface area is 135 Å². The number of nitrogens with one attached hydrogen (secondary N) is 1. The molecule has 0 aliphatic heterocycles. The van der Waals surface area contributed by atoms with Crippen molar-refractivity contribution in [1.82, 2.24) is 25.0 Å². The molecular formula is C17H21N5O. The van der Waals surface area contributed by atoms with Crippen LogP contribution in [0.4, 0.5) is 0 Å². The van der Waals surface area contributed by atoms with Crippen LogP contribution < -0.4 is 0 Å². The summed E-state index contributed by atoms with van der Waals surface area (Å²) in [7, 11) is 2.01. The summed E-state index contributed by atoms with van der Waals surface area (Å²) in [6, 6.07) is 10.2. The summed E-state index contributed by atoms with van der Waals surface area (Å²) < 4.78 is 5.23. The summed E-state index contributed by atoms with van der Waals surface area (Å²) in [5.74, 6) is 2.54. The van der Waals surface area contributed by atoms with Crippen LogP contribution in [0.3, 0.4) is 0 Å². The first-order chi connectivity index (χ1) is 11.1. The summed E-state index contributed by atoms with van der Waals surface area (Å²) >= 11 is 0. The Bertz CT molecular complexity index is 747. The molecule has 0 aliphatic rings. The van der Waals surface area contributed by atoms with E-state index >= 15 is 0 Å². The van der Waals surface area contributed by atoms with E-state index < -0.39 is 0 Å². The van der Waals surface area contributed by atoms with Crippen LogP contribution in [0.1, 0.15) is 37.3 Å². The molecule has 23 heavy (non-hydrogen) atoms. The molecule has 0 aliphatic carbocycles. The van der Waals surface area contributed by atoms with Crippen LogP contribution in [0.2, 0.25) is 0 Å². The van der Waals surface area contributed by atoms with Gasteiger partial charge in [-0.25, -0.2) is 4.98 Å². The molecule has 0 unspecified atom stereocenters. The first-order valence-electron chi connectivity index (χ1n) is 7.72. The van der Waals surface area contributed by atoms with E-state index in [1.807, 2.05) is 45.3 Å². The molecule has 1 N–H and O–H groups in total. The van der Waals surface area contributed by atoms with Gasteiger partial charge in [0.15, 0.2) is 5.82 Å². The van der Waals surface area contributed by atoms with Crippen LogP contribution in [0.5, 0.6) is 0 Å². The number of hydrogen-bond acceptors (Lipinski definition) is 5. The zero-order valence-corrected chi connectivity index (χ0v) is 13.7. The molecule has 0 saturated carbocycles. The third-order valence-corrected chi connectivity index (χ3v) is 3.52. The zero-order valence-electron chi connectivity index (χ0n) is 13.7. The average Bonchev–Trinajstić information content (AvgIpc) is 3.18. The topological polar surface area (TPSA) is 70.8 Å². The van der Waals surface area contributed by atoms with E-state index in [1.165, 1.54) is 0 Å². The Morgan fingerprint density at radius 1 is 1.17 bits per heavy atom. The van der Waals surface area contributed by atoms with Crippen molar-refractivity contribution in [3.05, 3.63) is 54.1 Å². The third kappa shape index (κ3) is 3.84. The molecule has 0 amide bonds. The molecule has 3 aromatic rings. The van der Waals surface area contributed by atoms with E-state index in [4.69, 9.17) is 4.52 Å². The predicted octanol–water partition coefficient (Wildman–Crippen LogP) is 3.22. The summed E-state index contributed by atoms with van der Waals surface area (Å²) in [6.45, 7) is 5.39. The number of imidazole rings is 1. The highest BCUT2D eigenvalue weighted by atomic mass is 16.5. The quantitative estimate of drug-likeness (QED) is 0.757. The number of aromatic nitrogens is 4. The van der Waals surface area contributed by atoms with Gasteiger partial charge >= 0.3 is 0 Å². The second-order valence-corrected chi connectivity index (χ2v) is 5.99. The van der Waals surface area contributed by atoms with Crippen molar-refractivity contribution in [1.29, 1.82) is 0 Å². The Hall–Kier alpha value is -2.47. The van der Waals surface area contributed by atoms with Gasteiger partial charge in [0.2, 0.25) is 5.89 Å². The fourth-order valence-corrected chi connectivity index (χ4v) is 2.33. The van der Waals surface area contributed by atoms with Crippen LogP contribution in [-0.4, -0.2) is 32.1 Å². The van der Waals surface area contributed by atoms with E-state index in [9.17, 15) is 0 Å². The summed E-state index contributed by atoms with van der Waals surface area (Å²) in [4.78, 5) is 14.3. The summed E-state index contributed by atoms with van der Waals surface area (Å²) in [5.41, 5.74) is 2.16. The molecule has 0 spiro atoms. The number of nitrogens with zero attached hydrogens (tertiary/aromatic N) is 4. The monoisotopic (exact) mass is 311 g/mol. The second kappa shape index (κ2) is 6.75. The Balaban J connectivity index is 1.61. The van der Waals surface area contributed by atoms with Crippen LogP contribution in [0.15, 0.2) is 41.1 Å². The molecule has 120 valence electrons. The van der Waals surface area contributed by atoms with Crippen molar-refractivity contribution < 1.29 is 4.52 Å². The van der Waals surface area contributed by atoms with Gasteiger partial charge in [0.05, 0.1) is 25.0 Å². The van der Waals surface area contributed by atoms with Gasteiger partial charge in [-0.2, -0.15) is 4.98 Å². The average molecular weight is 311 g/mol. The minimum Gasteiger partial charge on any atom is -0.341 e. The molecule has 2 aromatic heterocycles. The van der Waals surface area contributed by atoms with Gasteiger partial charge in [0, 0.05) is 5.92 Å². The number of benzene rings is 1. The highest BCUT2D eigenvalue weighted by Crippen LogP contribution is 2.17. The minimum atomic E-state index is 0.250.